The van der Waals surface area contributed by atoms with E-state index >= 15 is 0 Å². The molecule has 1 atom stereocenters. The summed E-state index contributed by atoms with van der Waals surface area (Å²) in [5.41, 5.74) is 7.61. The van der Waals surface area contributed by atoms with Crippen LogP contribution in [0.15, 0.2) is 47.9 Å². The molecule has 3 rings (SSSR count). The normalized spacial score (nSPS) is 15.6. The van der Waals surface area contributed by atoms with Gasteiger partial charge in [0.1, 0.15) is 35.5 Å². The van der Waals surface area contributed by atoms with Crippen molar-refractivity contribution in [3.63, 3.8) is 0 Å². The van der Waals surface area contributed by atoms with E-state index < -0.39 is 5.92 Å². The Balaban J connectivity index is 2.10. The number of benzene rings is 2. The van der Waals surface area contributed by atoms with E-state index in [9.17, 15) is 10.4 Å². The summed E-state index contributed by atoms with van der Waals surface area (Å²) < 4.78 is 10.8. The molecule has 0 saturated carbocycles. The van der Waals surface area contributed by atoms with Crippen molar-refractivity contribution in [2.45, 2.75) is 5.92 Å². The van der Waals surface area contributed by atoms with Crippen LogP contribution in [-0.4, -0.2) is 11.7 Å². The molecule has 1 aliphatic heterocycles. The number of hydrogen-bond donors (Lipinski definition) is 2. The van der Waals surface area contributed by atoms with Gasteiger partial charge in [0, 0.05) is 11.6 Å². The third-order valence-corrected chi connectivity index (χ3v) is 4.10. The Morgan fingerprint density at radius 1 is 1.32 bits per heavy atom. The van der Waals surface area contributed by atoms with Crippen LogP contribution < -0.4 is 15.2 Å². The minimum absolute atomic E-state index is 0.00520. The van der Waals surface area contributed by atoms with Gasteiger partial charge < -0.3 is 20.3 Å². The van der Waals surface area contributed by atoms with Crippen LogP contribution in [0.1, 0.15) is 17.0 Å². The lowest BCUT2D eigenvalue weighted by molar-refractivity contribution is 0.370. The van der Waals surface area contributed by atoms with Gasteiger partial charge in [0.25, 0.3) is 0 Å². The molecule has 0 amide bonds. The molecule has 0 aromatic heterocycles. The Morgan fingerprint density at radius 3 is 2.80 bits per heavy atom. The van der Waals surface area contributed by atoms with Crippen molar-refractivity contribution in [2.24, 2.45) is 5.73 Å². The maximum Gasteiger partial charge on any atom is 0.205 e. The van der Waals surface area contributed by atoms with E-state index in [-0.39, 0.29) is 23.8 Å². The standard InChI is InChI=1S/C19H13ClN2O3/c1-2-7-24-16-6-3-11(8-15(16)20)18-13-5-4-12(23)9-17(13)25-19(22)14(18)10-21/h1,3-6,8-9,18,23H,7,22H2/t18-/m1/s1. The number of allylic oxidation sites excluding steroid dienone is 1. The smallest absolute Gasteiger partial charge is 0.205 e. The summed E-state index contributed by atoms with van der Waals surface area (Å²) in [4.78, 5) is 0. The molecule has 5 nitrogen and oxygen atoms in total. The number of rotatable bonds is 3. The SMILES string of the molecule is C#CCOc1ccc([C@H]2C(C#N)=C(N)Oc3cc(O)ccc32)cc1Cl. The molecular weight excluding hydrogens is 340 g/mol. The Morgan fingerprint density at radius 2 is 2.12 bits per heavy atom. The predicted molar refractivity (Wildman–Crippen MR) is 93.2 cm³/mol. The van der Waals surface area contributed by atoms with Gasteiger partial charge in [-0.1, -0.05) is 29.7 Å². The number of aromatic hydroxyl groups is 1. The summed E-state index contributed by atoms with van der Waals surface area (Å²) >= 11 is 6.27. The Kier molecular flexibility index (Phi) is 4.43. The summed E-state index contributed by atoms with van der Waals surface area (Å²) in [7, 11) is 0. The Hall–Kier alpha value is -3.28. The molecule has 6 heteroatoms. The van der Waals surface area contributed by atoms with Crippen LogP contribution in [0.4, 0.5) is 0 Å². The predicted octanol–water partition coefficient (Wildman–Crippen LogP) is 3.28. The zero-order chi connectivity index (χ0) is 18.0. The number of ether oxygens (including phenoxy) is 2. The molecule has 2 aromatic carbocycles. The van der Waals surface area contributed by atoms with Crippen LogP contribution >= 0.6 is 11.6 Å². The lowest BCUT2D eigenvalue weighted by atomic mass is 9.83. The highest BCUT2D eigenvalue weighted by molar-refractivity contribution is 6.32. The summed E-state index contributed by atoms with van der Waals surface area (Å²) in [5, 5.41) is 19.5. The molecule has 0 radical (unpaired) electrons. The van der Waals surface area contributed by atoms with E-state index in [1.165, 1.54) is 12.1 Å². The topological polar surface area (TPSA) is 88.5 Å². The molecule has 124 valence electrons. The molecule has 0 unspecified atom stereocenters. The second-order valence-electron chi connectivity index (χ2n) is 5.33. The first-order valence-electron chi connectivity index (χ1n) is 7.31. The van der Waals surface area contributed by atoms with Gasteiger partial charge in [-0.05, 0) is 23.8 Å². The third kappa shape index (κ3) is 3.06. The van der Waals surface area contributed by atoms with Crippen LogP contribution in [0.25, 0.3) is 0 Å². The van der Waals surface area contributed by atoms with Gasteiger partial charge in [0.2, 0.25) is 5.88 Å². The molecule has 0 aliphatic carbocycles. The van der Waals surface area contributed by atoms with Gasteiger partial charge in [-0.25, -0.2) is 0 Å². The number of fused-ring (bicyclic) bond motifs is 1. The van der Waals surface area contributed by atoms with Gasteiger partial charge in [-0.2, -0.15) is 5.26 Å². The first kappa shape index (κ1) is 16.6. The first-order chi connectivity index (χ1) is 12.0. The zero-order valence-electron chi connectivity index (χ0n) is 13.0. The number of phenolic OH excluding ortho intramolecular Hbond substituents is 1. The van der Waals surface area contributed by atoms with Gasteiger partial charge in [-0.15, -0.1) is 6.42 Å². The van der Waals surface area contributed by atoms with Crippen molar-refractivity contribution in [2.75, 3.05) is 6.61 Å². The molecule has 1 heterocycles. The highest BCUT2D eigenvalue weighted by Gasteiger charge is 2.31. The maximum absolute atomic E-state index is 9.66. The molecule has 0 bridgehead atoms. The van der Waals surface area contributed by atoms with E-state index in [0.717, 1.165) is 5.56 Å². The van der Waals surface area contributed by atoms with E-state index in [0.29, 0.717) is 22.1 Å². The second kappa shape index (κ2) is 6.68. The van der Waals surface area contributed by atoms with Crippen LogP contribution in [-0.2, 0) is 0 Å². The average Bonchev–Trinajstić information content (AvgIpc) is 2.59. The lowest BCUT2D eigenvalue weighted by Gasteiger charge is -2.26. The third-order valence-electron chi connectivity index (χ3n) is 3.80. The number of phenols is 1. The van der Waals surface area contributed by atoms with Crippen LogP contribution in [0.3, 0.4) is 0 Å². The molecule has 0 saturated heterocycles. The largest absolute Gasteiger partial charge is 0.508 e. The average molecular weight is 353 g/mol. The summed E-state index contributed by atoms with van der Waals surface area (Å²) in [6, 6.07) is 11.9. The molecule has 3 N–H and O–H groups in total. The molecule has 0 spiro atoms. The fraction of sp³-hybridized carbons (Fsp3) is 0.105. The highest BCUT2D eigenvalue weighted by atomic mass is 35.5. The first-order valence-corrected chi connectivity index (χ1v) is 7.69. The molecule has 1 aliphatic rings. The number of nitrogens with zero attached hydrogens (tertiary/aromatic N) is 1. The van der Waals surface area contributed by atoms with Crippen molar-refractivity contribution in [1.29, 1.82) is 5.26 Å². The fourth-order valence-electron chi connectivity index (χ4n) is 2.72. The molecule has 2 aromatic rings. The monoisotopic (exact) mass is 352 g/mol. The molecule has 0 fully saturated rings. The van der Waals surface area contributed by atoms with Gasteiger partial charge in [0.05, 0.1) is 10.9 Å². The minimum Gasteiger partial charge on any atom is -0.508 e. The number of nitriles is 1. The van der Waals surface area contributed by atoms with Gasteiger partial charge in [0.15, 0.2) is 0 Å². The summed E-state index contributed by atoms with van der Waals surface area (Å²) in [6.45, 7) is 0.106. The fourth-order valence-corrected chi connectivity index (χ4v) is 2.96. The number of nitrogens with two attached hydrogens (primary N) is 1. The lowest BCUT2D eigenvalue weighted by Crippen LogP contribution is -2.21. The van der Waals surface area contributed by atoms with Crippen molar-refractivity contribution in [1.82, 2.24) is 0 Å². The van der Waals surface area contributed by atoms with E-state index in [1.807, 2.05) is 0 Å². The van der Waals surface area contributed by atoms with E-state index in [1.54, 1.807) is 24.3 Å². The van der Waals surface area contributed by atoms with E-state index in [2.05, 4.69) is 12.0 Å². The number of halogens is 1. The Bertz CT molecular complexity index is 954. The number of hydrogen-bond acceptors (Lipinski definition) is 5. The van der Waals surface area contributed by atoms with Crippen LogP contribution in [0.5, 0.6) is 17.2 Å². The quantitative estimate of drug-likeness (QED) is 0.827. The number of terminal acetylenes is 1. The van der Waals surface area contributed by atoms with Crippen molar-refractivity contribution >= 4 is 11.6 Å². The minimum atomic E-state index is -0.464. The second-order valence-corrected chi connectivity index (χ2v) is 5.74. The molecule has 25 heavy (non-hydrogen) atoms. The van der Waals surface area contributed by atoms with Gasteiger partial charge >= 0.3 is 0 Å². The summed E-state index contributed by atoms with van der Waals surface area (Å²) in [5.74, 6) is 2.80. The van der Waals surface area contributed by atoms with Crippen LogP contribution in [0, 0.1) is 23.7 Å². The summed E-state index contributed by atoms with van der Waals surface area (Å²) in [6.07, 6.45) is 5.18. The van der Waals surface area contributed by atoms with Gasteiger partial charge in [-0.3, -0.25) is 0 Å². The van der Waals surface area contributed by atoms with Crippen molar-refractivity contribution in [3.05, 3.63) is 64.0 Å². The zero-order valence-corrected chi connectivity index (χ0v) is 13.7. The Labute approximate surface area is 149 Å². The maximum atomic E-state index is 9.66. The highest BCUT2D eigenvalue weighted by Crippen LogP contribution is 2.44. The van der Waals surface area contributed by atoms with E-state index in [4.69, 9.17) is 33.2 Å². The van der Waals surface area contributed by atoms with Crippen molar-refractivity contribution in [3.8, 4) is 35.7 Å². The molecular formula is C19H13ClN2O3. The van der Waals surface area contributed by atoms with Crippen LogP contribution in [0.2, 0.25) is 5.02 Å². The van der Waals surface area contributed by atoms with Crippen molar-refractivity contribution < 1.29 is 14.6 Å².